The molecule has 134 valence electrons. The zero-order valence-corrected chi connectivity index (χ0v) is 14.5. The lowest BCUT2D eigenvalue weighted by Gasteiger charge is -2.22. The number of anilines is 1. The number of benzene rings is 1. The Labute approximate surface area is 150 Å². The standard InChI is InChI=1S/C18H21N7O/c1-2-9-25(18(19)20)11-12-3-5-13(6-4-12)17(26)23-15-7-8-21-16-14(15)10-22-24-16/h3-8,10H,2,9,11H2,1H3,(H3,19,20)(H2,21,22,23,24,26). The maximum atomic E-state index is 12.5. The third-order valence-electron chi connectivity index (χ3n) is 4.03. The van der Waals surface area contributed by atoms with E-state index in [0.29, 0.717) is 23.4 Å². The van der Waals surface area contributed by atoms with Crippen LogP contribution in [0.1, 0.15) is 29.3 Å². The first-order valence-electron chi connectivity index (χ1n) is 8.36. The van der Waals surface area contributed by atoms with Crippen molar-refractivity contribution in [3.63, 3.8) is 0 Å². The van der Waals surface area contributed by atoms with Crippen molar-refractivity contribution >= 4 is 28.6 Å². The quantitative estimate of drug-likeness (QED) is 0.401. The molecule has 2 heterocycles. The first-order chi connectivity index (χ1) is 12.6. The molecule has 0 spiro atoms. The van der Waals surface area contributed by atoms with Gasteiger partial charge in [-0.2, -0.15) is 5.10 Å². The topological polar surface area (TPSA) is 124 Å². The van der Waals surface area contributed by atoms with E-state index in [1.807, 2.05) is 19.1 Å². The number of nitrogens with one attached hydrogen (secondary N) is 3. The smallest absolute Gasteiger partial charge is 0.255 e. The Morgan fingerprint density at radius 2 is 2.08 bits per heavy atom. The van der Waals surface area contributed by atoms with Gasteiger partial charge in [-0.1, -0.05) is 19.1 Å². The van der Waals surface area contributed by atoms with E-state index in [0.717, 1.165) is 23.9 Å². The average Bonchev–Trinajstić information content (AvgIpc) is 3.11. The van der Waals surface area contributed by atoms with E-state index >= 15 is 0 Å². The molecule has 0 saturated carbocycles. The number of guanidine groups is 1. The summed E-state index contributed by atoms with van der Waals surface area (Å²) in [6, 6.07) is 9.02. The molecule has 0 atom stereocenters. The van der Waals surface area contributed by atoms with Crippen molar-refractivity contribution < 1.29 is 4.79 Å². The maximum Gasteiger partial charge on any atom is 0.255 e. The second-order valence-electron chi connectivity index (χ2n) is 5.95. The molecular formula is C18H21N7O. The van der Waals surface area contributed by atoms with Crippen LogP contribution in [0.25, 0.3) is 11.0 Å². The molecule has 0 unspecified atom stereocenters. The Balaban J connectivity index is 1.71. The number of hydrogen-bond acceptors (Lipinski definition) is 4. The van der Waals surface area contributed by atoms with Gasteiger partial charge in [0.2, 0.25) is 0 Å². The summed E-state index contributed by atoms with van der Waals surface area (Å²) in [6.45, 7) is 3.31. The number of aromatic nitrogens is 3. The Morgan fingerprint density at radius 3 is 2.77 bits per heavy atom. The highest BCUT2D eigenvalue weighted by Gasteiger charge is 2.11. The number of carbonyl (C=O) groups excluding carboxylic acids is 1. The molecule has 0 fully saturated rings. The number of nitrogens with two attached hydrogens (primary N) is 1. The molecule has 26 heavy (non-hydrogen) atoms. The third kappa shape index (κ3) is 3.80. The Bertz CT molecular complexity index is 917. The lowest BCUT2D eigenvalue weighted by molar-refractivity contribution is 0.102. The lowest BCUT2D eigenvalue weighted by Crippen LogP contribution is -2.36. The number of amides is 1. The predicted molar refractivity (Wildman–Crippen MR) is 101 cm³/mol. The van der Waals surface area contributed by atoms with Crippen LogP contribution in [0.3, 0.4) is 0 Å². The van der Waals surface area contributed by atoms with Gasteiger partial charge in [0.1, 0.15) is 0 Å². The number of rotatable bonds is 6. The van der Waals surface area contributed by atoms with Crippen molar-refractivity contribution in [2.45, 2.75) is 19.9 Å². The number of hydrogen-bond donors (Lipinski definition) is 4. The van der Waals surface area contributed by atoms with Gasteiger partial charge < -0.3 is 16.0 Å². The van der Waals surface area contributed by atoms with Crippen LogP contribution in [-0.4, -0.2) is 38.5 Å². The first kappa shape index (κ1) is 17.4. The summed E-state index contributed by atoms with van der Waals surface area (Å²) in [7, 11) is 0. The second-order valence-corrected chi connectivity index (χ2v) is 5.95. The van der Waals surface area contributed by atoms with Gasteiger partial charge in [0.25, 0.3) is 5.91 Å². The van der Waals surface area contributed by atoms with Gasteiger partial charge >= 0.3 is 0 Å². The van der Waals surface area contributed by atoms with E-state index in [-0.39, 0.29) is 11.9 Å². The molecule has 1 amide bonds. The highest BCUT2D eigenvalue weighted by molar-refractivity contribution is 6.08. The van der Waals surface area contributed by atoms with Crippen LogP contribution in [0.2, 0.25) is 0 Å². The van der Waals surface area contributed by atoms with Crippen molar-refractivity contribution in [1.82, 2.24) is 20.1 Å². The van der Waals surface area contributed by atoms with Gasteiger partial charge in [0, 0.05) is 24.8 Å². The fraction of sp³-hybridized carbons (Fsp3) is 0.222. The van der Waals surface area contributed by atoms with Crippen molar-refractivity contribution in [1.29, 1.82) is 5.41 Å². The molecule has 2 aromatic heterocycles. The van der Waals surface area contributed by atoms with E-state index in [9.17, 15) is 4.79 Å². The van der Waals surface area contributed by atoms with Crippen molar-refractivity contribution in [3.05, 3.63) is 53.9 Å². The zero-order chi connectivity index (χ0) is 18.5. The van der Waals surface area contributed by atoms with Crippen LogP contribution in [0.5, 0.6) is 0 Å². The van der Waals surface area contributed by atoms with Crippen molar-refractivity contribution in [2.24, 2.45) is 5.73 Å². The Hall–Kier alpha value is -3.42. The predicted octanol–water partition coefficient (Wildman–Crippen LogP) is 2.32. The minimum Gasteiger partial charge on any atom is -0.370 e. The molecular weight excluding hydrogens is 330 g/mol. The summed E-state index contributed by atoms with van der Waals surface area (Å²) in [4.78, 5) is 18.4. The molecule has 5 N–H and O–H groups in total. The van der Waals surface area contributed by atoms with Gasteiger partial charge in [0.15, 0.2) is 11.6 Å². The van der Waals surface area contributed by atoms with E-state index < -0.39 is 0 Å². The molecule has 1 aromatic carbocycles. The largest absolute Gasteiger partial charge is 0.370 e. The summed E-state index contributed by atoms with van der Waals surface area (Å²) in [5.41, 5.74) is 8.42. The summed E-state index contributed by atoms with van der Waals surface area (Å²) in [5, 5.41) is 18.0. The molecule has 3 aromatic rings. The molecule has 8 heteroatoms. The minimum absolute atomic E-state index is 0.0514. The SMILES string of the molecule is CCCN(Cc1ccc(C(=O)Nc2ccnc3[nH]ncc23)cc1)C(=N)N. The normalized spacial score (nSPS) is 10.7. The molecule has 0 aliphatic heterocycles. The third-order valence-corrected chi connectivity index (χ3v) is 4.03. The van der Waals surface area contributed by atoms with Gasteiger partial charge in [-0.15, -0.1) is 0 Å². The Kier molecular flexibility index (Phi) is 5.12. The van der Waals surface area contributed by atoms with Crippen LogP contribution in [0.15, 0.2) is 42.7 Å². The van der Waals surface area contributed by atoms with Crippen LogP contribution in [-0.2, 0) is 6.54 Å². The number of pyridine rings is 1. The summed E-state index contributed by atoms with van der Waals surface area (Å²) in [6.07, 6.45) is 4.16. The van der Waals surface area contributed by atoms with Crippen LogP contribution in [0, 0.1) is 5.41 Å². The molecule has 0 saturated heterocycles. The molecule has 0 bridgehead atoms. The lowest BCUT2D eigenvalue weighted by atomic mass is 10.1. The van der Waals surface area contributed by atoms with Crippen molar-refractivity contribution in [2.75, 3.05) is 11.9 Å². The Morgan fingerprint density at radius 1 is 1.31 bits per heavy atom. The summed E-state index contributed by atoms with van der Waals surface area (Å²) < 4.78 is 0. The fourth-order valence-electron chi connectivity index (χ4n) is 2.69. The van der Waals surface area contributed by atoms with Crippen LogP contribution >= 0.6 is 0 Å². The second kappa shape index (κ2) is 7.64. The van der Waals surface area contributed by atoms with Crippen LogP contribution < -0.4 is 11.1 Å². The zero-order valence-electron chi connectivity index (χ0n) is 14.5. The summed E-state index contributed by atoms with van der Waals surface area (Å²) >= 11 is 0. The van der Waals surface area contributed by atoms with Gasteiger partial charge in [-0.05, 0) is 30.2 Å². The highest BCUT2D eigenvalue weighted by atomic mass is 16.1. The summed E-state index contributed by atoms with van der Waals surface area (Å²) in [5.74, 6) is -0.155. The van der Waals surface area contributed by atoms with Gasteiger partial charge in [-0.3, -0.25) is 15.3 Å². The highest BCUT2D eigenvalue weighted by Crippen LogP contribution is 2.20. The number of nitrogens with zero attached hydrogens (tertiary/aromatic N) is 3. The van der Waals surface area contributed by atoms with E-state index in [2.05, 4.69) is 20.5 Å². The fourth-order valence-corrected chi connectivity index (χ4v) is 2.69. The molecule has 0 aliphatic carbocycles. The number of H-pyrrole nitrogens is 1. The number of fused-ring (bicyclic) bond motifs is 1. The molecule has 8 nitrogen and oxygen atoms in total. The average molecular weight is 351 g/mol. The maximum absolute atomic E-state index is 12.5. The first-order valence-corrected chi connectivity index (χ1v) is 8.36. The number of aromatic amines is 1. The van der Waals surface area contributed by atoms with E-state index in [4.69, 9.17) is 11.1 Å². The van der Waals surface area contributed by atoms with Gasteiger partial charge in [0.05, 0.1) is 17.3 Å². The number of carbonyl (C=O) groups is 1. The monoisotopic (exact) mass is 351 g/mol. The molecule has 0 radical (unpaired) electrons. The molecule has 0 aliphatic rings. The van der Waals surface area contributed by atoms with Crippen molar-refractivity contribution in [3.8, 4) is 0 Å². The van der Waals surface area contributed by atoms with Crippen LogP contribution in [0.4, 0.5) is 5.69 Å². The van der Waals surface area contributed by atoms with E-state index in [1.165, 1.54) is 0 Å². The minimum atomic E-state index is -0.206. The molecule has 3 rings (SSSR count). The van der Waals surface area contributed by atoms with E-state index in [1.54, 1.807) is 35.5 Å². The van der Waals surface area contributed by atoms with Gasteiger partial charge in [-0.25, -0.2) is 4.98 Å².